The molecule has 0 fully saturated rings. The van der Waals surface area contributed by atoms with Gasteiger partial charge in [0, 0.05) is 31.1 Å². The third-order valence-corrected chi connectivity index (χ3v) is 4.55. The van der Waals surface area contributed by atoms with Crippen LogP contribution < -0.4 is 10.2 Å². The van der Waals surface area contributed by atoms with Gasteiger partial charge in [0.15, 0.2) is 0 Å². The molecule has 0 saturated carbocycles. The van der Waals surface area contributed by atoms with E-state index in [0.29, 0.717) is 0 Å². The van der Waals surface area contributed by atoms with E-state index in [9.17, 15) is 9.59 Å². The molecule has 1 unspecified atom stereocenters. The van der Waals surface area contributed by atoms with Crippen LogP contribution in [0.25, 0.3) is 0 Å². The van der Waals surface area contributed by atoms with E-state index in [2.05, 4.69) is 10.3 Å². The molecule has 0 aliphatic carbocycles. The van der Waals surface area contributed by atoms with Crippen molar-refractivity contribution in [1.82, 2.24) is 0 Å². The minimum absolute atomic E-state index is 0.0407. The highest BCUT2D eigenvalue weighted by Crippen LogP contribution is 2.34. The normalized spacial score (nSPS) is 18.6. The number of nitrogens with one attached hydrogen (secondary N) is 1. The largest absolute Gasteiger partial charge is 0.325 e. The molecule has 5 heteroatoms. The molecule has 2 aromatic rings. The summed E-state index contributed by atoms with van der Waals surface area (Å²) in [4.78, 5) is 30.1. The van der Waals surface area contributed by atoms with Gasteiger partial charge in [-0.25, -0.2) is 0 Å². The number of carbonyl (C=O) groups excluding carboxylic acids is 2. The van der Waals surface area contributed by atoms with Crippen molar-refractivity contribution < 1.29 is 9.59 Å². The maximum Gasteiger partial charge on any atom is 0.237 e. The number of benzene rings is 2. The summed E-state index contributed by atoms with van der Waals surface area (Å²) >= 11 is 0. The number of anilines is 2. The Hall–Kier alpha value is -2.95. The topological polar surface area (TPSA) is 61.8 Å². The van der Waals surface area contributed by atoms with Crippen LogP contribution in [-0.2, 0) is 16.0 Å². The maximum atomic E-state index is 12.1. The van der Waals surface area contributed by atoms with E-state index in [1.165, 1.54) is 0 Å². The molecular weight excluding hydrogens is 302 g/mol. The van der Waals surface area contributed by atoms with Crippen molar-refractivity contribution in [1.29, 1.82) is 0 Å². The molecule has 120 valence electrons. The first-order chi connectivity index (χ1) is 11.6. The number of aliphatic imine (C=N–C) groups is 1. The highest BCUT2D eigenvalue weighted by molar-refractivity contribution is 6.12. The zero-order valence-corrected chi connectivity index (χ0v) is 13.3. The second-order valence-electron chi connectivity index (χ2n) is 6.07. The Morgan fingerprint density at radius 3 is 2.96 bits per heavy atom. The average Bonchev–Trinajstić information content (AvgIpc) is 3.12. The first kappa shape index (κ1) is 14.6. The molecule has 0 radical (unpaired) electrons. The van der Waals surface area contributed by atoms with Gasteiger partial charge in [0.2, 0.25) is 11.8 Å². The van der Waals surface area contributed by atoms with Gasteiger partial charge in [0.05, 0.1) is 5.69 Å². The van der Waals surface area contributed by atoms with Gasteiger partial charge in [-0.05, 0) is 35.7 Å². The summed E-state index contributed by atoms with van der Waals surface area (Å²) in [7, 11) is 0. The Kier molecular flexibility index (Phi) is 3.41. The number of carbonyl (C=O) groups is 2. The lowest BCUT2D eigenvalue weighted by atomic mass is 10.0. The van der Waals surface area contributed by atoms with Crippen LogP contribution in [-0.4, -0.2) is 24.6 Å². The van der Waals surface area contributed by atoms with Crippen molar-refractivity contribution in [2.75, 3.05) is 16.8 Å². The van der Waals surface area contributed by atoms with Gasteiger partial charge >= 0.3 is 0 Å². The lowest BCUT2D eigenvalue weighted by Crippen LogP contribution is -2.25. The first-order valence-electron chi connectivity index (χ1n) is 7.98. The number of amides is 2. The third kappa shape index (κ3) is 2.38. The van der Waals surface area contributed by atoms with E-state index >= 15 is 0 Å². The van der Waals surface area contributed by atoms with Crippen LogP contribution in [0.3, 0.4) is 0 Å². The van der Waals surface area contributed by atoms with Gasteiger partial charge in [-0.2, -0.15) is 0 Å². The van der Waals surface area contributed by atoms with E-state index in [1.807, 2.05) is 42.5 Å². The number of hydrogen-bond acceptors (Lipinski definition) is 3. The molecule has 2 aliphatic heterocycles. The van der Waals surface area contributed by atoms with Crippen molar-refractivity contribution in [2.24, 2.45) is 4.99 Å². The van der Waals surface area contributed by atoms with E-state index in [-0.39, 0.29) is 17.7 Å². The Morgan fingerprint density at radius 2 is 2.12 bits per heavy atom. The number of hydrogen-bond donors (Lipinski definition) is 1. The zero-order valence-electron chi connectivity index (χ0n) is 13.3. The first-order valence-corrected chi connectivity index (χ1v) is 7.98. The lowest BCUT2D eigenvalue weighted by Gasteiger charge is -2.14. The molecule has 1 N–H and O–H groups in total. The molecule has 2 heterocycles. The number of para-hydroxylation sites is 1. The van der Waals surface area contributed by atoms with Gasteiger partial charge in [-0.1, -0.05) is 24.3 Å². The fraction of sp³-hybridized carbons (Fsp3) is 0.211. The van der Waals surface area contributed by atoms with Crippen LogP contribution in [0.15, 0.2) is 47.5 Å². The highest BCUT2D eigenvalue weighted by atomic mass is 16.2. The molecule has 2 amide bonds. The SMILES string of the molecule is CC(=O)N1CCc2ccc(N=CC3C(=O)Nc4ccccc43)cc21. The van der Waals surface area contributed by atoms with Crippen molar-refractivity contribution in [2.45, 2.75) is 19.3 Å². The summed E-state index contributed by atoms with van der Waals surface area (Å²) < 4.78 is 0. The van der Waals surface area contributed by atoms with Crippen LogP contribution in [0.2, 0.25) is 0 Å². The molecule has 5 nitrogen and oxygen atoms in total. The monoisotopic (exact) mass is 319 g/mol. The summed E-state index contributed by atoms with van der Waals surface area (Å²) in [5, 5.41) is 2.86. The predicted octanol–water partition coefficient (Wildman–Crippen LogP) is 3.03. The van der Waals surface area contributed by atoms with Gasteiger partial charge in [0.25, 0.3) is 0 Å². The quantitative estimate of drug-likeness (QED) is 0.865. The molecule has 4 rings (SSSR count). The minimum atomic E-state index is -0.377. The molecule has 24 heavy (non-hydrogen) atoms. The van der Waals surface area contributed by atoms with Crippen LogP contribution in [0.1, 0.15) is 24.0 Å². The van der Waals surface area contributed by atoms with Crippen LogP contribution in [0.4, 0.5) is 17.1 Å². The summed E-state index contributed by atoms with van der Waals surface area (Å²) in [6.45, 7) is 2.29. The Labute approximate surface area is 140 Å². The molecule has 1 atom stereocenters. The molecule has 2 aliphatic rings. The summed E-state index contributed by atoms with van der Waals surface area (Å²) in [6, 6.07) is 13.5. The summed E-state index contributed by atoms with van der Waals surface area (Å²) in [6.07, 6.45) is 2.55. The minimum Gasteiger partial charge on any atom is -0.325 e. The Balaban J connectivity index is 1.63. The van der Waals surface area contributed by atoms with Crippen LogP contribution in [0, 0.1) is 0 Å². The zero-order chi connectivity index (χ0) is 16.7. The van der Waals surface area contributed by atoms with Gasteiger partial charge in [-0.15, -0.1) is 0 Å². The third-order valence-electron chi connectivity index (χ3n) is 4.55. The van der Waals surface area contributed by atoms with E-state index in [0.717, 1.165) is 41.2 Å². The van der Waals surface area contributed by atoms with E-state index in [1.54, 1.807) is 18.0 Å². The Morgan fingerprint density at radius 1 is 1.29 bits per heavy atom. The molecular formula is C19H17N3O2. The van der Waals surface area contributed by atoms with Crippen molar-refractivity contribution in [3.63, 3.8) is 0 Å². The Bertz CT molecular complexity index is 873. The van der Waals surface area contributed by atoms with E-state index in [4.69, 9.17) is 0 Å². The van der Waals surface area contributed by atoms with Crippen molar-refractivity contribution in [3.05, 3.63) is 53.6 Å². The van der Waals surface area contributed by atoms with Crippen molar-refractivity contribution in [3.8, 4) is 0 Å². The summed E-state index contributed by atoms with van der Waals surface area (Å²) in [5.41, 5.74) is 4.62. The summed E-state index contributed by atoms with van der Waals surface area (Å²) in [5.74, 6) is -0.399. The number of rotatable bonds is 2. The van der Waals surface area contributed by atoms with Gasteiger partial charge < -0.3 is 10.2 Å². The van der Waals surface area contributed by atoms with Crippen molar-refractivity contribution >= 4 is 35.1 Å². The smallest absolute Gasteiger partial charge is 0.237 e. The molecule has 0 saturated heterocycles. The van der Waals surface area contributed by atoms with E-state index < -0.39 is 0 Å². The second-order valence-corrected chi connectivity index (χ2v) is 6.07. The molecule has 0 aromatic heterocycles. The predicted molar refractivity (Wildman–Crippen MR) is 94.1 cm³/mol. The van der Waals surface area contributed by atoms with Gasteiger partial charge in [-0.3, -0.25) is 14.6 Å². The fourth-order valence-corrected chi connectivity index (χ4v) is 3.32. The molecule has 0 spiro atoms. The lowest BCUT2D eigenvalue weighted by molar-refractivity contribution is -0.117. The molecule has 0 bridgehead atoms. The molecule has 2 aromatic carbocycles. The highest BCUT2D eigenvalue weighted by Gasteiger charge is 2.28. The maximum absolute atomic E-state index is 12.1. The van der Waals surface area contributed by atoms with Crippen LogP contribution in [0.5, 0.6) is 0 Å². The standard InChI is InChI=1S/C19H17N3O2/c1-12(23)22-9-8-13-6-7-14(10-18(13)22)20-11-16-15-4-2-3-5-17(15)21-19(16)24/h2-7,10-11,16H,8-9H2,1H3,(H,21,24). The number of fused-ring (bicyclic) bond motifs is 2. The number of nitrogens with zero attached hydrogens (tertiary/aromatic N) is 2. The second kappa shape index (κ2) is 5.60. The van der Waals surface area contributed by atoms with Crippen LogP contribution >= 0.6 is 0 Å². The fourth-order valence-electron chi connectivity index (χ4n) is 3.32. The van der Waals surface area contributed by atoms with Gasteiger partial charge in [0.1, 0.15) is 5.92 Å². The average molecular weight is 319 g/mol.